The van der Waals surface area contributed by atoms with Crippen molar-refractivity contribution in [2.45, 2.75) is 39.5 Å². The Bertz CT molecular complexity index is 610. The van der Waals surface area contributed by atoms with Gasteiger partial charge in [-0.2, -0.15) is 5.26 Å². The Labute approximate surface area is 138 Å². The third kappa shape index (κ3) is 4.85. The molecule has 122 valence electrons. The molecule has 1 aromatic carbocycles. The van der Waals surface area contributed by atoms with Crippen LogP contribution in [0, 0.1) is 17.2 Å². The highest BCUT2D eigenvalue weighted by molar-refractivity contribution is 6.06. The summed E-state index contributed by atoms with van der Waals surface area (Å²) in [5.74, 6) is 0.713. The van der Waals surface area contributed by atoms with Crippen LogP contribution in [0.3, 0.4) is 0 Å². The number of nitrogens with one attached hydrogen (secondary N) is 1. The van der Waals surface area contributed by atoms with E-state index in [4.69, 9.17) is 0 Å². The van der Waals surface area contributed by atoms with E-state index in [1.807, 2.05) is 30.3 Å². The van der Waals surface area contributed by atoms with Crippen molar-refractivity contribution in [2.75, 3.05) is 18.4 Å². The minimum Gasteiger partial charge on any atom is -0.376 e. The van der Waals surface area contributed by atoms with Gasteiger partial charge in [-0.05, 0) is 42.4 Å². The summed E-state index contributed by atoms with van der Waals surface area (Å²) in [6.45, 7) is 8.27. The van der Waals surface area contributed by atoms with E-state index in [1.165, 1.54) is 12.0 Å². The molecule has 0 saturated carbocycles. The van der Waals surface area contributed by atoms with Crippen LogP contribution in [0.15, 0.2) is 36.0 Å². The third-order valence-electron chi connectivity index (χ3n) is 4.20. The monoisotopic (exact) mass is 311 g/mol. The van der Waals surface area contributed by atoms with Gasteiger partial charge in [-0.3, -0.25) is 4.79 Å². The van der Waals surface area contributed by atoms with Crippen LogP contribution in [-0.2, 0) is 4.79 Å². The van der Waals surface area contributed by atoms with Gasteiger partial charge in [-0.25, -0.2) is 0 Å². The second kappa shape index (κ2) is 7.82. The van der Waals surface area contributed by atoms with Crippen LogP contribution in [-0.4, -0.2) is 23.9 Å². The molecule has 4 heteroatoms. The Morgan fingerprint density at radius 3 is 2.65 bits per heavy atom. The van der Waals surface area contributed by atoms with E-state index < -0.39 is 0 Å². The predicted octanol–water partition coefficient (Wildman–Crippen LogP) is 3.89. The number of hydrogen-bond donors (Lipinski definition) is 1. The zero-order valence-corrected chi connectivity index (χ0v) is 14.2. The molecule has 1 fully saturated rings. The lowest BCUT2D eigenvalue weighted by atomic mass is 10.0. The minimum absolute atomic E-state index is 0.159. The molecule has 23 heavy (non-hydrogen) atoms. The second-order valence-corrected chi connectivity index (χ2v) is 6.63. The number of carbonyl (C=O) groups is 1. The molecule has 2 rings (SSSR count). The molecular formula is C19H25N3O. The molecule has 1 unspecified atom stereocenters. The summed E-state index contributed by atoms with van der Waals surface area (Å²) < 4.78 is 0. The first-order chi connectivity index (χ1) is 11.0. The van der Waals surface area contributed by atoms with E-state index in [-0.39, 0.29) is 11.5 Å². The van der Waals surface area contributed by atoms with Crippen molar-refractivity contribution >= 4 is 11.6 Å². The molecule has 1 aromatic rings. The summed E-state index contributed by atoms with van der Waals surface area (Å²) >= 11 is 0. The summed E-state index contributed by atoms with van der Waals surface area (Å²) in [5, 5.41) is 12.1. The van der Waals surface area contributed by atoms with Crippen molar-refractivity contribution in [3.05, 3.63) is 41.6 Å². The van der Waals surface area contributed by atoms with Crippen molar-refractivity contribution in [3.63, 3.8) is 0 Å². The fraction of sp³-hybridized carbons (Fsp3) is 0.474. The minimum atomic E-state index is -0.344. The predicted molar refractivity (Wildman–Crippen MR) is 92.8 cm³/mol. The fourth-order valence-electron chi connectivity index (χ4n) is 2.81. The molecule has 1 atom stereocenters. The topological polar surface area (TPSA) is 56.1 Å². The highest BCUT2D eigenvalue weighted by atomic mass is 16.1. The lowest BCUT2D eigenvalue weighted by Gasteiger charge is -2.29. The molecule has 1 saturated heterocycles. The quantitative estimate of drug-likeness (QED) is 0.678. The molecule has 4 nitrogen and oxygen atoms in total. The standard InChI is InChI=1S/C19H25N3O/c1-14(2)16-6-8-18(9-7-16)21-19(23)17(11-20)13-22-10-4-5-15(3)12-22/h6-9,13-15H,4-5,10,12H2,1-3H3,(H,21,23)/b17-13-. The van der Waals surface area contributed by atoms with Gasteiger partial charge in [0.2, 0.25) is 0 Å². The zero-order chi connectivity index (χ0) is 16.8. The van der Waals surface area contributed by atoms with Gasteiger partial charge in [0.1, 0.15) is 11.6 Å². The molecule has 1 aliphatic heterocycles. The fourth-order valence-corrected chi connectivity index (χ4v) is 2.81. The van der Waals surface area contributed by atoms with Crippen molar-refractivity contribution in [1.82, 2.24) is 4.90 Å². The van der Waals surface area contributed by atoms with Gasteiger partial charge in [0.25, 0.3) is 5.91 Å². The molecule has 0 spiro atoms. The maximum Gasteiger partial charge on any atom is 0.267 e. The number of carbonyl (C=O) groups excluding carboxylic acids is 1. The number of rotatable bonds is 4. The molecular weight excluding hydrogens is 286 g/mol. The van der Waals surface area contributed by atoms with Crippen molar-refractivity contribution < 1.29 is 4.79 Å². The summed E-state index contributed by atoms with van der Waals surface area (Å²) in [7, 11) is 0. The Hall–Kier alpha value is -2.28. The SMILES string of the molecule is CC1CCCN(/C=C(/C#N)C(=O)Nc2ccc(C(C)C)cc2)C1. The highest BCUT2D eigenvalue weighted by Crippen LogP contribution is 2.19. The smallest absolute Gasteiger partial charge is 0.267 e. The molecule has 1 heterocycles. The van der Waals surface area contributed by atoms with E-state index in [9.17, 15) is 10.1 Å². The Kier molecular flexibility index (Phi) is 5.81. The molecule has 1 N–H and O–H groups in total. The highest BCUT2D eigenvalue weighted by Gasteiger charge is 2.17. The van der Waals surface area contributed by atoms with Crippen molar-refractivity contribution in [1.29, 1.82) is 5.26 Å². The van der Waals surface area contributed by atoms with Crippen molar-refractivity contribution in [3.8, 4) is 6.07 Å². The lowest BCUT2D eigenvalue weighted by molar-refractivity contribution is -0.112. The first-order valence-electron chi connectivity index (χ1n) is 8.27. The van der Waals surface area contributed by atoms with Crippen LogP contribution in [0.25, 0.3) is 0 Å². The number of piperidine rings is 1. The van der Waals surface area contributed by atoms with Gasteiger partial charge in [0, 0.05) is 25.0 Å². The van der Waals surface area contributed by atoms with Crippen LogP contribution in [0.2, 0.25) is 0 Å². The first kappa shape index (κ1) is 17.1. The normalized spacial score (nSPS) is 18.7. The van der Waals surface area contributed by atoms with Crippen LogP contribution in [0.4, 0.5) is 5.69 Å². The Balaban J connectivity index is 2.03. The molecule has 0 aliphatic carbocycles. The number of hydrogen-bond acceptors (Lipinski definition) is 3. The second-order valence-electron chi connectivity index (χ2n) is 6.63. The third-order valence-corrected chi connectivity index (χ3v) is 4.20. The molecule has 0 radical (unpaired) electrons. The molecule has 1 amide bonds. The van der Waals surface area contributed by atoms with Crippen LogP contribution in [0.5, 0.6) is 0 Å². The number of nitriles is 1. The van der Waals surface area contributed by atoms with Gasteiger partial charge in [-0.1, -0.05) is 32.9 Å². The maximum absolute atomic E-state index is 12.3. The zero-order valence-electron chi connectivity index (χ0n) is 14.2. The van der Waals surface area contributed by atoms with E-state index in [0.29, 0.717) is 17.5 Å². The molecule has 1 aliphatic rings. The Morgan fingerprint density at radius 2 is 2.09 bits per heavy atom. The molecule has 0 bridgehead atoms. The number of likely N-dealkylation sites (tertiary alicyclic amines) is 1. The molecule has 0 aromatic heterocycles. The van der Waals surface area contributed by atoms with E-state index >= 15 is 0 Å². The van der Waals surface area contributed by atoms with E-state index in [0.717, 1.165) is 19.5 Å². The average molecular weight is 311 g/mol. The van der Waals surface area contributed by atoms with Gasteiger partial charge in [-0.15, -0.1) is 0 Å². The Morgan fingerprint density at radius 1 is 1.39 bits per heavy atom. The number of nitrogens with zero attached hydrogens (tertiary/aromatic N) is 2. The maximum atomic E-state index is 12.3. The van der Waals surface area contributed by atoms with Crippen LogP contribution >= 0.6 is 0 Å². The van der Waals surface area contributed by atoms with Gasteiger partial charge in [0.05, 0.1) is 0 Å². The van der Waals surface area contributed by atoms with E-state index in [1.54, 1.807) is 6.20 Å². The summed E-state index contributed by atoms with van der Waals surface area (Å²) in [6.07, 6.45) is 4.02. The largest absolute Gasteiger partial charge is 0.376 e. The van der Waals surface area contributed by atoms with E-state index in [2.05, 4.69) is 31.0 Å². The van der Waals surface area contributed by atoms with Gasteiger partial charge >= 0.3 is 0 Å². The first-order valence-corrected chi connectivity index (χ1v) is 8.27. The van der Waals surface area contributed by atoms with Gasteiger partial charge < -0.3 is 10.2 Å². The lowest BCUT2D eigenvalue weighted by Crippen LogP contribution is -2.31. The van der Waals surface area contributed by atoms with Crippen molar-refractivity contribution in [2.24, 2.45) is 5.92 Å². The summed E-state index contributed by atoms with van der Waals surface area (Å²) in [4.78, 5) is 14.4. The number of anilines is 1. The summed E-state index contributed by atoms with van der Waals surface area (Å²) in [6, 6.07) is 9.79. The van der Waals surface area contributed by atoms with Crippen LogP contribution < -0.4 is 5.32 Å². The average Bonchev–Trinajstić information content (AvgIpc) is 2.53. The summed E-state index contributed by atoms with van der Waals surface area (Å²) in [5.41, 5.74) is 2.10. The van der Waals surface area contributed by atoms with Crippen LogP contribution in [0.1, 0.15) is 45.1 Å². The van der Waals surface area contributed by atoms with Gasteiger partial charge in [0.15, 0.2) is 0 Å². The number of benzene rings is 1. The number of amides is 1.